The van der Waals surface area contributed by atoms with Gasteiger partial charge in [0.1, 0.15) is 5.54 Å². The minimum atomic E-state index is -1.08. The maximum Gasteiger partial charge on any atom is 0.329 e. The van der Waals surface area contributed by atoms with E-state index in [1.165, 1.54) is 0 Å². The first-order valence-electron chi connectivity index (χ1n) is 6.78. The van der Waals surface area contributed by atoms with Gasteiger partial charge >= 0.3 is 12.0 Å². The molecule has 1 heterocycles. The molecule has 0 atom stereocenters. The zero-order valence-corrected chi connectivity index (χ0v) is 11.6. The van der Waals surface area contributed by atoms with Crippen LogP contribution in [0.4, 0.5) is 4.79 Å². The van der Waals surface area contributed by atoms with E-state index < -0.39 is 17.0 Å². The highest BCUT2D eigenvalue weighted by Crippen LogP contribution is 2.31. The number of amides is 2. The summed E-state index contributed by atoms with van der Waals surface area (Å²) in [6, 6.07) is -0.294. The number of aliphatic carboxylic acids is 1. The molecule has 1 aliphatic heterocycles. The average molecular weight is 270 g/mol. The molecule has 6 nitrogen and oxygen atoms in total. The Morgan fingerprint density at radius 2 is 1.89 bits per heavy atom. The van der Waals surface area contributed by atoms with E-state index in [1.54, 1.807) is 4.90 Å². The van der Waals surface area contributed by atoms with E-state index in [1.807, 2.05) is 13.8 Å². The van der Waals surface area contributed by atoms with E-state index in [-0.39, 0.29) is 6.03 Å². The van der Waals surface area contributed by atoms with Crippen LogP contribution >= 0.6 is 0 Å². The van der Waals surface area contributed by atoms with Crippen LogP contribution < -0.4 is 5.32 Å². The molecular weight excluding hydrogens is 248 g/mol. The third-order valence-corrected chi connectivity index (χ3v) is 4.10. The van der Waals surface area contributed by atoms with Crippen molar-refractivity contribution in [2.45, 2.75) is 50.6 Å². The summed E-state index contributed by atoms with van der Waals surface area (Å²) in [4.78, 5) is 25.5. The van der Waals surface area contributed by atoms with Crippen LogP contribution in [-0.2, 0) is 9.53 Å². The zero-order chi connectivity index (χ0) is 14.1. The van der Waals surface area contributed by atoms with E-state index in [0.717, 1.165) is 12.8 Å². The summed E-state index contributed by atoms with van der Waals surface area (Å²) in [6.45, 7) is 5.31. The number of nitrogens with zero attached hydrogens (tertiary/aromatic N) is 1. The number of carbonyl (C=O) groups is 2. The van der Waals surface area contributed by atoms with Gasteiger partial charge in [-0.15, -0.1) is 0 Å². The average Bonchev–Trinajstić information content (AvgIpc) is 2.78. The second kappa shape index (κ2) is 5.00. The molecule has 6 heteroatoms. The highest BCUT2D eigenvalue weighted by atomic mass is 16.5. The van der Waals surface area contributed by atoms with Crippen LogP contribution in [0.3, 0.4) is 0 Å². The van der Waals surface area contributed by atoms with Gasteiger partial charge in [-0.1, -0.05) is 12.8 Å². The van der Waals surface area contributed by atoms with Crippen LogP contribution in [0.2, 0.25) is 0 Å². The molecule has 2 N–H and O–H groups in total. The van der Waals surface area contributed by atoms with Gasteiger partial charge in [-0.05, 0) is 26.7 Å². The molecule has 2 fully saturated rings. The maximum atomic E-state index is 12.4. The summed E-state index contributed by atoms with van der Waals surface area (Å²) in [7, 11) is 0. The van der Waals surface area contributed by atoms with Crippen molar-refractivity contribution >= 4 is 12.0 Å². The fourth-order valence-electron chi connectivity index (χ4n) is 2.88. The van der Waals surface area contributed by atoms with Gasteiger partial charge in [0.05, 0.1) is 18.8 Å². The lowest BCUT2D eigenvalue weighted by Gasteiger charge is -2.43. The minimum absolute atomic E-state index is 0.294. The normalized spacial score (nSPS) is 25.1. The molecule has 19 heavy (non-hydrogen) atoms. The Kier molecular flexibility index (Phi) is 3.71. The molecule has 2 aliphatic rings. The molecule has 1 saturated heterocycles. The van der Waals surface area contributed by atoms with Crippen LogP contribution in [0, 0.1) is 0 Å². The predicted octanol–water partition coefficient (Wildman–Crippen LogP) is 1.20. The van der Waals surface area contributed by atoms with Crippen molar-refractivity contribution < 1.29 is 19.4 Å². The highest BCUT2D eigenvalue weighted by molar-refractivity contribution is 5.86. The van der Waals surface area contributed by atoms with E-state index >= 15 is 0 Å². The van der Waals surface area contributed by atoms with Gasteiger partial charge in [0.15, 0.2) is 0 Å². The Morgan fingerprint density at radius 3 is 2.42 bits per heavy atom. The Hall–Kier alpha value is -1.30. The van der Waals surface area contributed by atoms with Crippen molar-refractivity contribution in [3.8, 4) is 0 Å². The van der Waals surface area contributed by atoms with Crippen LogP contribution in [-0.4, -0.2) is 52.8 Å². The molecule has 1 saturated carbocycles. The van der Waals surface area contributed by atoms with Crippen molar-refractivity contribution in [3.63, 3.8) is 0 Å². The summed E-state index contributed by atoms with van der Waals surface area (Å²) in [5.74, 6) is -0.926. The molecule has 2 rings (SSSR count). The summed E-state index contributed by atoms with van der Waals surface area (Å²) < 4.78 is 5.37. The lowest BCUT2D eigenvalue weighted by Crippen LogP contribution is -2.63. The quantitative estimate of drug-likeness (QED) is 0.790. The Morgan fingerprint density at radius 1 is 1.26 bits per heavy atom. The maximum absolute atomic E-state index is 12.4. The summed E-state index contributed by atoms with van der Waals surface area (Å²) in [6.07, 6.45) is 2.72. The van der Waals surface area contributed by atoms with Crippen LogP contribution in [0.15, 0.2) is 0 Å². The van der Waals surface area contributed by atoms with E-state index in [9.17, 15) is 14.7 Å². The third-order valence-electron chi connectivity index (χ3n) is 4.10. The monoisotopic (exact) mass is 270 g/mol. The summed E-state index contributed by atoms with van der Waals surface area (Å²) in [5, 5.41) is 12.1. The molecular formula is C13H22N2O4. The number of nitrogens with one attached hydrogen (secondary N) is 1. The number of carboxylic acid groups (broad SMARTS) is 1. The Bertz CT molecular complexity index is 375. The fourth-order valence-corrected chi connectivity index (χ4v) is 2.88. The zero-order valence-electron chi connectivity index (χ0n) is 11.6. The first kappa shape index (κ1) is 14.1. The van der Waals surface area contributed by atoms with Crippen molar-refractivity contribution in [2.24, 2.45) is 0 Å². The molecule has 0 aromatic heterocycles. The van der Waals surface area contributed by atoms with Crippen molar-refractivity contribution in [1.82, 2.24) is 10.2 Å². The lowest BCUT2D eigenvalue weighted by molar-refractivity contribution is -0.144. The van der Waals surface area contributed by atoms with E-state index in [4.69, 9.17) is 4.74 Å². The predicted molar refractivity (Wildman–Crippen MR) is 69.0 cm³/mol. The molecule has 0 bridgehead atoms. The molecule has 1 aliphatic carbocycles. The van der Waals surface area contributed by atoms with E-state index in [0.29, 0.717) is 32.6 Å². The smallest absolute Gasteiger partial charge is 0.329 e. The van der Waals surface area contributed by atoms with Crippen LogP contribution in [0.1, 0.15) is 39.5 Å². The van der Waals surface area contributed by atoms with Gasteiger partial charge in [-0.3, -0.25) is 0 Å². The topological polar surface area (TPSA) is 78.9 Å². The number of hydrogen-bond donors (Lipinski definition) is 2. The molecule has 0 aromatic carbocycles. The lowest BCUT2D eigenvalue weighted by atomic mass is 9.97. The number of hydrogen-bond acceptors (Lipinski definition) is 3. The Balaban J connectivity index is 2.09. The second-order valence-corrected chi connectivity index (χ2v) is 6.04. The van der Waals surface area contributed by atoms with E-state index in [2.05, 4.69) is 5.32 Å². The Labute approximate surface area is 113 Å². The number of urea groups is 1. The second-order valence-electron chi connectivity index (χ2n) is 6.04. The van der Waals surface area contributed by atoms with Gasteiger partial charge in [0.2, 0.25) is 0 Å². The number of morpholine rings is 1. The standard InChI is InChI=1S/C13H22N2O4/c1-12(2)9-19-8-7-15(12)11(18)14-13(10(16)17)5-3-4-6-13/h3-9H2,1-2H3,(H,14,18)(H,16,17). The largest absolute Gasteiger partial charge is 0.480 e. The van der Waals surface area contributed by atoms with Crippen molar-refractivity contribution in [2.75, 3.05) is 19.8 Å². The summed E-state index contributed by atoms with van der Waals surface area (Å²) in [5.41, 5.74) is -1.48. The SMILES string of the molecule is CC1(C)COCCN1C(=O)NC1(C(=O)O)CCCC1. The van der Waals surface area contributed by atoms with Crippen molar-refractivity contribution in [3.05, 3.63) is 0 Å². The van der Waals surface area contributed by atoms with Crippen molar-refractivity contribution in [1.29, 1.82) is 0 Å². The first-order valence-corrected chi connectivity index (χ1v) is 6.78. The van der Waals surface area contributed by atoms with Gasteiger partial charge in [-0.25, -0.2) is 9.59 Å². The van der Waals surface area contributed by atoms with Gasteiger partial charge < -0.3 is 20.1 Å². The number of carbonyl (C=O) groups excluding carboxylic acids is 1. The number of rotatable bonds is 2. The highest BCUT2D eigenvalue weighted by Gasteiger charge is 2.45. The molecule has 0 radical (unpaired) electrons. The fraction of sp³-hybridized carbons (Fsp3) is 0.846. The first-order chi connectivity index (χ1) is 8.87. The van der Waals surface area contributed by atoms with Gasteiger partial charge in [-0.2, -0.15) is 0 Å². The van der Waals surface area contributed by atoms with Crippen LogP contribution in [0.5, 0.6) is 0 Å². The molecule has 0 spiro atoms. The van der Waals surface area contributed by atoms with Gasteiger partial charge in [0.25, 0.3) is 0 Å². The third kappa shape index (κ3) is 2.68. The molecule has 2 amide bonds. The molecule has 108 valence electrons. The molecule has 0 aromatic rings. The molecule has 0 unspecified atom stereocenters. The number of carboxylic acids is 1. The van der Waals surface area contributed by atoms with Gasteiger partial charge in [0, 0.05) is 6.54 Å². The van der Waals surface area contributed by atoms with Crippen LogP contribution in [0.25, 0.3) is 0 Å². The minimum Gasteiger partial charge on any atom is -0.480 e. The summed E-state index contributed by atoms with van der Waals surface area (Å²) >= 11 is 0. The number of ether oxygens (including phenoxy) is 1.